The fourth-order valence-electron chi connectivity index (χ4n) is 1.51. The van der Waals surface area contributed by atoms with Gasteiger partial charge in [-0.3, -0.25) is 0 Å². The first kappa shape index (κ1) is 11.7. The van der Waals surface area contributed by atoms with Gasteiger partial charge in [0.2, 0.25) is 0 Å². The van der Waals surface area contributed by atoms with E-state index in [2.05, 4.69) is 0 Å². The fraction of sp³-hybridized carbons (Fsp3) is 0.200. The zero-order chi connectivity index (χ0) is 11.9. The van der Waals surface area contributed by atoms with Crippen LogP contribution in [-0.4, -0.2) is 6.29 Å². The molecule has 2 rings (SSSR count). The Bertz CT molecular complexity index is 425. The third-order valence-electron chi connectivity index (χ3n) is 2.37. The van der Waals surface area contributed by atoms with Gasteiger partial charge in [0.05, 0.1) is 6.61 Å². The average Bonchev–Trinajstić information content (AvgIpc) is 2.39. The second kappa shape index (κ2) is 6.06. The van der Waals surface area contributed by atoms with Crippen LogP contribution in [0.15, 0.2) is 60.7 Å². The number of benzene rings is 2. The van der Waals surface area contributed by atoms with E-state index in [4.69, 9.17) is 9.47 Å². The lowest BCUT2D eigenvalue weighted by Gasteiger charge is -2.15. The van der Waals surface area contributed by atoms with Crippen molar-refractivity contribution in [2.24, 2.45) is 0 Å². The maximum Gasteiger partial charge on any atom is 0.197 e. The SMILES string of the molecule is CC(OCc1ccccc1)Oc1ccccc1. The van der Waals surface area contributed by atoms with Crippen molar-refractivity contribution in [2.45, 2.75) is 19.8 Å². The summed E-state index contributed by atoms with van der Waals surface area (Å²) >= 11 is 0. The predicted octanol–water partition coefficient (Wildman–Crippen LogP) is 3.63. The van der Waals surface area contributed by atoms with E-state index in [0.29, 0.717) is 6.61 Å². The summed E-state index contributed by atoms with van der Waals surface area (Å²) in [5, 5.41) is 0. The number of para-hydroxylation sites is 1. The van der Waals surface area contributed by atoms with Crippen molar-refractivity contribution in [1.29, 1.82) is 0 Å². The summed E-state index contributed by atoms with van der Waals surface area (Å²) in [6.45, 7) is 2.46. The molecule has 0 saturated carbocycles. The molecule has 0 spiro atoms. The molecule has 1 unspecified atom stereocenters. The van der Waals surface area contributed by atoms with Gasteiger partial charge in [0, 0.05) is 0 Å². The summed E-state index contributed by atoms with van der Waals surface area (Å²) in [5.41, 5.74) is 1.15. The third kappa shape index (κ3) is 3.93. The van der Waals surface area contributed by atoms with E-state index in [-0.39, 0.29) is 6.29 Å². The molecule has 0 bridgehead atoms. The quantitative estimate of drug-likeness (QED) is 0.727. The number of hydrogen-bond donors (Lipinski definition) is 0. The largest absolute Gasteiger partial charge is 0.465 e. The van der Waals surface area contributed by atoms with Crippen molar-refractivity contribution in [3.8, 4) is 5.75 Å². The van der Waals surface area contributed by atoms with E-state index < -0.39 is 0 Å². The average molecular weight is 228 g/mol. The number of ether oxygens (including phenoxy) is 2. The molecule has 0 aliphatic heterocycles. The molecule has 0 heterocycles. The molecule has 2 aromatic carbocycles. The van der Waals surface area contributed by atoms with Crippen LogP contribution >= 0.6 is 0 Å². The summed E-state index contributed by atoms with van der Waals surface area (Å²) in [7, 11) is 0. The molecule has 2 heteroatoms. The van der Waals surface area contributed by atoms with Crippen molar-refractivity contribution >= 4 is 0 Å². The second-order valence-electron chi connectivity index (χ2n) is 3.80. The molecule has 0 fully saturated rings. The Morgan fingerprint density at radius 1 is 0.882 bits per heavy atom. The topological polar surface area (TPSA) is 18.5 Å². The predicted molar refractivity (Wildman–Crippen MR) is 67.8 cm³/mol. The zero-order valence-corrected chi connectivity index (χ0v) is 9.87. The molecular formula is C15H16O2. The van der Waals surface area contributed by atoms with Crippen molar-refractivity contribution < 1.29 is 9.47 Å². The highest BCUT2D eigenvalue weighted by molar-refractivity contribution is 5.21. The molecule has 2 nitrogen and oxygen atoms in total. The molecule has 0 aliphatic carbocycles. The molecule has 0 radical (unpaired) electrons. The zero-order valence-electron chi connectivity index (χ0n) is 9.87. The van der Waals surface area contributed by atoms with Gasteiger partial charge in [-0.2, -0.15) is 0 Å². The molecule has 2 aromatic rings. The first-order valence-electron chi connectivity index (χ1n) is 5.72. The summed E-state index contributed by atoms with van der Waals surface area (Å²) in [6.07, 6.45) is -0.252. The summed E-state index contributed by atoms with van der Waals surface area (Å²) in [5.74, 6) is 0.827. The third-order valence-corrected chi connectivity index (χ3v) is 2.37. The fourth-order valence-corrected chi connectivity index (χ4v) is 1.51. The van der Waals surface area contributed by atoms with Crippen LogP contribution in [0.3, 0.4) is 0 Å². The first-order chi connectivity index (χ1) is 8.34. The van der Waals surface area contributed by atoms with E-state index in [0.717, 1.165) is 11.3 Å². The van der Waals surface area contributed by atoms with Gasteiger partial charge in [-0.15, -0.1) is 0 Å². The van der Waals surface area contributed by atoms with Crippen LogP contribution in [0.4, 0.5) is 0 Å². The lowest BCUT2D eigenvalue weighted by molar-refractivity contribution is -0.0759. The van der Waals surface area contributed by atoms with Crippen LogP contribution in [0.25, 0.3) is 0 Å². The highest BCUT2D eigenvalue weighted by Crippen LogP contribution is 2.12. The highest BCUT2D eigenvalue weighted by Gasteiger charge is 2.03. The van der Waals surface area contributed by atoms with Crippen molar-refractivity contribution in [1.82, 2.24) is 0 Å². The van der Waals surface area contributed by atoms with Crippen LogP contribution in [0.1, 0.15) is 12.5 Å². The normalized spacial score (nSPS) is 12.1. The Kier molecular flexibility index (Phi) is 4.17. The van der Waals surface area contributed by atoms with Crippen LogP contribution < -0.4 is 4.74 Å². The molecular weight excluding hydrogens is 212 g/mol. The van der Waals surface area contributed by atoms with Crippen LogP contribution in [0.2, 0.25) is 0 Å². The molecule has 1 atom stereocenters. The molecule has 0 N–H and O–H groups in total. The summed E-state index contributed by atoms with van der Waals surface area (Å²) in [6, 6.07) is 19.8. The monoisotopic (exact) mass is 228 g/mol. The molecule has 17 heavy (non-hydrogen) atoms. The second-order valence-corrected chi connectivity index (χ2v) is 3.80. The summed E-state index contributed by atoms with van der Waals surface area (Å²) < 4.78 is 11.2. The van der Waals surface area contributed by atoms with Gasteiger partial charge in [0.25, 0.3) is 0 Å². The van der Waals surface area contributed by atoms with Gasteiger partial charge in [-0.25, -0.2) is 0 Å². The number of hydrogen-bond acceptors (Lipinski definition) is 2. The number of rotatable bonds is 5. The minimum atomic E-state index is -0.252. The van der Waals surface area contributed by atoms with Crippen molar-refractivity contribution in [3.05, 3.63) is 66.2 Å². The lowest BCUT2D eigenvalue weighted by Crippen LogP contribution is -2.15. The van der Waals surface area contributed by atoms with E-state index in [9.17, 15) is 0 Å². The van der Waals surface area contributed by atoms with Gasteiger partial charge in [-0.05, 0) is 24.6 Å². The Balaban J connectivity index is 1.80. The van der Waals surface area contributed by atoms with E-state index >= 15 is 0 Å². The maximum absolute atomic E-state index is 5.61. The van der Waals surface area contributed by atoms with Crippen LogP contribution in [0.5, 0.6) is 5.75 Å². The van der Waals surface area contributed by atoms with Crippen molar-refractivity contribution in [3.63, 3.8) is 0 Å². The molecule has 88 valence electrons. The molecule has 0 saturated heterocycles. The van der Waals surface area contributed by atoms with Gasteiger partial charge < -0.3 is 9.47 Å². The van der Waals surface area contributed by atoms with Gasteiger partial charge in [0.15, 0.2) is 6.29 Å². The minimum Gasteiger partial charge on any atom is -0.465 e. The van der Waals surface area contributed by atoms with Crippen molar-refractivity contribution in [2.75, 3.05) is 0 Å². The Morgan fingerprint density at radius 2 is 1.47 bits per heavy atom. The summed E-state index contributed by atoms with van der Waals surface area (Å²) in [4.78, 5) is 0. The standard InChI is InChI=1S/C15H16O2/c1-13(17-15-10-6-3-7-11-15)16-12-14-8-4-2-5-9-14/h2-11,13H,12H2,1H3. The van der Waals surface area contributed by atoms with E-state index in [1.54, 1.807) is 0 Å². The molecule has 0 amide bonds. The van der Waals surface area contributed by atoms with Gasteiger partial charge >= 0.3 is 0 Å². The van der Waals surface area contributed by atoms with E-state index in [1.807, 2.05) is 67.6 Å². The first-order valence-corrected chi connectivity index (χ1v) is 5.72. The molecule has 0 aromatic heterocycles. The maximum atomic E-state index is 5.61. The Hall–Kier alpha value is -1.80. The van der Waals surface area contributed by atoms with Crippen LogP contribution in [0, 0.1) is 0 Å². The van der Waals surface area contributed by atoms with Gasteiger partial charge in [0.1, 0.15) is 5.75 Å². The smallest absolute Gasteiger partial charge is 0.197 e. The molecule has 0 aliphatic rings. The van der Waals surface area contributed by atoms with E-state index in [1.165, 1.54) is 0 Å². The lowest BCUT2D eigenvalue weighted by atomic mass is 10.2. The van der Waals surface area contributed by atoms with Crippen LogP contribution in [-0.2, 0) is 11.3 Å². The minimum absolute atomic E-state index is 0.252. The Labute approximate surface area is 102 Å². The highest BCUT2D eigenvalue weighted by atomic mass is 16.7. The van der Waals surface area contributed by atoms with Gasteiger partial charge in [-0.1, -0.05) is 48.5 Å². The Morgan fingerprint density at radius 3 is 2.12 bits per heavy atom.